The summed E-state index contributed by atoms with van der Waals surface area (Å²) in [7, 11) is 3.08. The summed E-state index contributed by atoms with van der Waals surface area (Å²) in [6.07, 6.45) is 0.166. The van der Waals surface area contributed by atoms with Gasteiger partial charge in [0.15, 0.2) is 11.4 Å². The molecule has 1 aromatic carbocycles. The minimum Gasteiger partial charge on any atom is -0.508 e. The molecule has 43 heavy (non-hydrogen) atoms. The Kier molecular flexibility index (Phi) is 10.0. The van der Waals surface area contributed by atoms with Crippen molar-refractivity contribution in [2.75, 3.05) is 26.0 Å². The number of aliphatic hydroxyl groups excluding tert-OH is 2. The van der Waals surface area contributed by atoms with Crippen molar-refractivity contribution >= 4 is 71.0 Å². The van der Waals surface area contributed by atoms with E-state index in [-0.39, 0.29) is 61.0 Å². The number of rotatable bonds is 7. The third-order valence-electron chi connectivity index (χ3n) is 8.03. The van der Waals surface area contributed by atoms with E-state index in [0.717, 1.165) is 4.88 Å². The van der Waals surface area contributed by atoms with E-state index < -0.39 is 69.7 Å². The van der Waals surface area contributed by atoms with Crippen molar-refractivity contribution < 1.29 is 39.6 Å². The Bertz CT molecular complexity index is 1540. The van der Waals surface area contributed by atoms with Crippen LogP contribution in [-0.2, 0) is 32.1 Å². The van der Waals surface area contributed by atoms with E-state index >= 15 is 0 Å². The minimum absolute atomic E-state index is 0. The number of fused-ring (bicyclic) bond motifs is 3. The van der Waals surface area contributed by atoms with Crippen LogP contribution < -0.4 is 16.4 Å². The molecule has 0 radical (unpaired) electrons. The van der Waals surface area contributed by atoms with Crippen molar-refractivity contribution in [1.82, 2.24) is 10.2 Å². The predicted octanol–water partition coefficient (Wildman–Crippen LogP) is 1.60. The third kappa shape index (κ3) is 5.52. The number of nitrogens with zero attached hydrogens (tertiary/aromatic N) is 1. The van der Waals surface area contributed by atoms with E-state index in [9.17, 15) is 39.6 Å². The molecule has 2 unspecified atom stereocenters. The highest BCUT2D eigenvalue weighted by atomic mass is 35.5. The van der Waals surface area contributed by atoms with Crippen molar-refractivity contribution in [2.45, 2.75) is 31.0 Å². The summed E-state index contributed by atoms with van der Waals surface area (Å²) in [5, 5.41) is 52.4. The van der Waals surface area contributed by atoms with Crippen LogP contribution in [0.2, 0.25) is 0 Å². The number of primary amides is 1. The van der Waals surface area contributed by atoms with Gasteiger partial charge in [-0.3, -0.25) is 24.1 Å². The van der Waals surface area contributed by atoms with Crippen LogP contribution in [-0.4, -0.2) is 81.0 Å². The number of benzene rings is 1. The number of halogens is 2. The Morgan fingerprint density at radius 2 is 1.84 bits per heavy atom. The lowest BCUT2D eigenvalue weighted by Gasteiger charge is -2.50. The van der Waals surface area contributed by atoms with Crippen LogP contribution in [0.1, 0.15) is 22.4 Å². The molecule has 0 saturated heterocycles. The number of Topliss-reactive ketones (excluding diaryl/α,β-unsaturated/α-hetero) is 2. The molecule has 1 aromatic heterocycles. The second kappa shape index (κ2) is 12.6. The topological polar surface area (TPSA) is 203 Å². The maximum absolute atomic E-state index is 13.9. The number of nitrogens with two attached hydrogens (primary N) is 1. The van der Waals surface area contributed by atoms with E-state index in [1.165, 1.54) is 11.0 Å². The lowest BCUT2D eigenvalue weighted by atomic mass is 9.57. The summed E-state index contributed by atoms with van der Waals surface area (Å²) in [4.78, 5) is 54.1. The number of hydrogen-bond donors (Lipinski definition) is 7. The van der Waals surface area contributed by atoms with Gasteiger partial charge in [0.25, 0.3) is 5.91 Å². The average Bonchev–Trinajstić information content (AvgIpc) is 3.41. The van der Waals surface area contributed by atoms with Gasteiger partial charge in [0.05, 0.1) is 23.8 Å². The van der Waals surface area contributed by atoms with Gasteiger partial charge < -0.3 is 36.8 Å². The maximum Gasteiger partial charge on any atom is 0.255 e. The zero-order valence-corrected chi connectivity index (χ0v) is 25.6. The number of anilines is 1. The Hall–Kier alpha value is -3.46. The second-order valence-corrected chi connectivity index (χ2v) is 11.7. The van der Waals surface area contributed by atoms with E-state index in [4.69, 9.17) is 5.73 Å². The van der Waals surface area contributed by atoms with Crippen molar-refractivity contribution in [2.24, 2.45) is 17.6 Å². The van der Waals surface area contributed by atoms with Crippen LogP contribution in [0.25, 0.3) is 5.76 Å². The summed E-state index contributed by atoms with van der Waals surface area (Å²) in [6.45, 7) is 0.441. The number of thiophene rings is 1. The summed E-state index contributed by atoms with van der Waals surface area (Å²) in [6, 6.07) is 5.78. The monoisotopic (exact) mass is 654 g/mol. The number of phenolic OH excluding ortho intramolecular Hbond substituents is 1. The van der Waals surface area contributed by atoms with Gasteiger partial charge in [0, 0.05) is 22.9 Å². The number of aromatic hydroxyl groups is 1. The largest absolute Gasteiger partial charge is 0.508 e. The molecule has 0 aliphatic heterocycles. The Morgan fingerprint density at radius 3 is 2.44 bits per heavy atom. The number of hydrogen-bond acceptors (Lipinski definition) is 11. The van der Waals surface area contributed by atoms with Gasteiger partial charge in [0.2, 0.25) is 11.7 Å². The van der Waals surface area contributed by atoms with Gasteiger partial charge in [-0.05, 0) is 55.9 Å². The molecule has 3 aliphatic rings. The van der Waals surface area contributed by atoms with Crippen molar-refractivity contribution in [3.05, 3.63) is 62.6 Å². The number of carbonyl (C=O) groups excluding carboxylic acids is 4. The van der Waals surface area contributed by atoms with E-state index in [2.05, 4.69) is 10.6 Å². The van der Waals surface area contributed by atoms with Crippen LogP contribution in [0.15, 0.2) is 46.6 Å². The van der Waals surface area contributed by atoms with E-state index in [0.29, 0.717) is 12.1 Å². The van der Waals surface area contributed by atoms with Gasteiger partial charge in [0.1, 0.15) is 22.8 Å². The Morgan fingerprint density at radius 1 is 1.14 bits per heavy atom. The fraction of sp³-hybridized carbons (Fsp3) is 0.357. The van der Waals surface area contributed by atoms with Gasteiger partial charge >= 0.3 is 0 Å². The Labute approximate surface area is 263 Å². The summed E-state index contributed by atoms with van der Waals surface area (Å²) in [5.74, 6) is -7.69. The summed E-state index contributed by atoms with van der Waals surface area (Å²) < 4.78 is 0. The van der Waals surface area contributed by atoms with E-state index in [1.54, 1.807) is 31.5 Å². The molecule has 5 rings (SSSR count). The fourth-order valence-electron chi connectivity index (χ4n) is 6.23. The number of amides is 2. The molecule has 1 fully saturated rings. The zero-order chi connectivity index (χ0) is 29.8. The molecule has 0 bridgehead atoms. The summed E-state index contributed by atoms with van der Waals surface area (Å²) in [5.41, 5.74) is 1.91. The molecule has 2 aromatic rings. The first-order valence-electron chi connectivity index (χ1n) is 12.9. The average molecular weight is 656 g/mol. The molecular formula is C28H32Cl2N4O8S. The highest BCUT2D eigenvalue weighted by molar-refractivity contribution is 7.09. The predicted molar refractivity (Wildman–Crippen MR) is 163 cm³/mol. The lowest BCUT2D eigenvalue weighted by molar-refractivity contribution is -0.153. The molecule has 1 saturated carbocycles. The first-order valence-corrected chi connectivity index (χ1v) is 13.8. The molecule has 2 amide bonds. The smallest absolute Gasteiger partial charge is 0.255 e. The van der Waals surface area contributed by atoms with Crippen molar-refractivity contribution in [3.8, 4) is 5.75 Å². The highest BCUT2D eigenvalue weighted by Gasteiger charge is 2.64. The van der Waals surface area contributed by atoms with Crippen molar-refractivity contribution in [1.29, 1.82) is 0 Å². The van der Waals surface area contributed by atoms with Gasteiger partial charge in [-0.15, -0.1) is 36.2 Å². The molecule has 3 aliphatic carbocycles. The normalized spacial score (nSPS) is 24.4. The number of likely N-dealkylation sites (N-methyl/N-ethyl adjacent to an activating group) is 1. The maximum atomic E-state index is 13.9. The summed E-state index contributed by atoms with van der Waals surface area (Å²) >= 11 is 1.54. The third-order valence-corrected chi connectivity index (χ3v) is 8.91. The molecule has 15 heteroatoms. The first kappa shape index (κ1) is 34.0. The molecule has 8 N–H and O–H groups in total. The Balaban J connectivity index is 0.00000253. The van der Waals surface area contributed by atoms with Crippen LogP contribution >= 0.6 is 36.2 Å². The fourth-order valence-corrected chi connectivity index (χ4v) is 6.90. The minimum atomic E-state index is -2.71. The standard InChI is InChI=1S/C28H30N4O8S.2ClH/c1-32(2)21-15-9-13-8-12-5-6-16(31-17(33)11-30-10-14-4-3-7-41-14)22(34)18(12)23(35)19(13)25(37)28(15,40)26(38)20(24(21)36)27(29)39;;/h3-7,13,15,21,30,34-35,38,40H,8-11H2,1-2H3,(H2,29,39)(H,31,33);2*1H/t13?,15?,21-,28-;;/m0../s1. The van der Waals surface area contributed by atoms with Crippen molar-refractivity contribution in [3.63, 3.8) is 0 Å². The SMILES string of the molecule is CN(C)[C@@H]1C(=O)C(C(N)=O)=C(O)[C@@]2(O)C(=O)C3=C(O)c4c(ccc(NC(=O)CNCc5cccs5)c4O)CC3CC12.Cl.Cl. The number of nitrogens with one attached hydrogen (secondary N) is 2. The highest BCUT2D eigenvalue weighted by Crippen LogP contribution is 2.53. The van der Waals surface area contributed by atoms with Crippen LogP contribution in [0, 0.1) is 11.8 Å². The lowest BCUT2D eigenvalue weighted by Crippen LogP contribution is -2.65. The van der Waals surface area contributed by atoms with Crippen LogP contribution in [0.5, 0.6) is 5.75 Å². The first-order chi connectivity index (χ1) is 19.4. The van der Waals surface area contributed by atoms with Crippen LogP contribution in [0.3, 0.4) is 0 Å². The zero-order valence-electron chi connectivity index (χ0n) is 23.1. The van der Waals surface area contributed by atoms with Gasteiger partial charge in [-0.2, -0.15) is 0 Å². The quantitative estimate of drug-likeness (QED) is 0.170. The number of ketones is 2. The van der Waals surface area contributed by atoms with Crippen LogP contribution in [0.4, 0.5) is 5.69 Å². The van der Waals surface area contributed by atoms with Gasteiger partial charge in [-0.1, -0.05) is 12.1 Å². The molecular weight excluding hydrogens is 623 g/mol. The molecule has 0 spiro atoms. The number of aliphatic hydroxyl groups is 3. The molecule has 4 atom stereocenters. The molecule has 1 heterocycles. The van der Waals surface area contributed by atoms with E-state index in [1.807, 2.05) is 17.5 Å². The molecule has 12 nitrogen and oxygen atoms in total. The van der Waals surface area contributed by atoms with Gasteiger partial charge in [-0.25, -0.2) is 0 Å². The second-order valence-electron chi connectivity index (χ2n) is 10.7. The molecule has 232 valence electrons. The number of carbonyl (C=O) groups is 4. The number of phenols is 1.